The molecule has 3 heteroatoms. The monoisotopic (exact) mass is 270 g/mol. The van der Waals surface area contributed by atoms with Crippen molar-refractivity contribution in [2.24, 2.45) is 5.73 Å². The van der Waals surface area contributed by atoms with E-state index in [9.17, 15) is 0 Å². The van der Waals surface area contributed by atoms with Crippen LogP contribution in [0, 0.1) is 6.92 Å². The maximum atomic E-state index is 5.71. The maximum absolute atomic E-state index is 5.71. The number of nitrogens with zero attached hydrogens (tertiary/aromatic N) is 1. The second-order valence-corrected chi connectivity index (χ2v) is 4.98. The van der Waals surface area contributed by atoms with E-state index < -0.39 is 0 Å². The van der Waals surface area contributed by atoms with Crippen LogP contribution in [0.2, 0.25) is 0 Å². The number of para-hydroxylation sites is 1. The topological polar surface area (TPSA) is 38.5 Å². The molecule has 0 aliphatic rings. The molecule has 0 amide bonds. The van der Waals surface area contributed by atoms with Gasteiger partial charge in [0.05, 0.1) is 7.11 Å². The highest BCUT2D eigenvalue weighted by molar-refractivity contribution is 5.51. The zero-order valence-corrected chi connectivity index (χ0v) is 12.4. The first kappa shape index (κ1) is 14.4. The average molecular weight is 270 g/mol. The molecule has 0 saturated heterocycles. The Morgan fingerprint density at radius 2 is 1.85 bits per heavy atom. The first-order valence-corrected chi connectivity index (χ1v) is 6.78. The van der Waals surface area contributed by atoms with Crippen molar-refractivity contribution in [3.63, 3.8) is 0 Å². The third kappa shape index (κ3) is 3.11. The van der Waals surface area contributed by atoms with Gasteiger partial charge in [0, 0.05) is 31.4 Å². The van der Waals surface area contributed by atoms with Gasteiger partial charge in [0.25, 0.3) is 0 Å². The predicted octanol–water partition coefficient (Wildman–Crippen LogP) is 3.10. The van der Waals surface area contributed by atoms with Gasteiger partial charge in [0.2, 0.25) is 0 Å². The van der Waals surface area contributed by atoms with Crippen molar-refractivity contribution in [2.75, 3.05) is 19.1 Å². The number of rotatable bonds is 5. The molecule has 0 radical (unpaired) electrons. The summed E-state index contributed by atoms with van der Waals surface area (Å²) in [7, 11) is 3.79. The SMILES string of the molecule is COc1ccccc1CN(C)c1ccc(CN)c(C)c1. The molecular formula is C17H22N2O. The van der Waals surface area contributed by atoms with Crippen molar-refractivity contribution in [2.45, 2.75) is 20.0 Å². The Morgan fingerprint density at radius 1 is 1.10 bits per heavy atom. The molecular weight excluding hydrogens is 248 g/mol. The number of benzene rings is 2. The Labute approximate surface area is 121 Å². The summed E-state index contributed by atoms with van der Waals surface area (Å²) >= 11 is 0. The lowest BCUT2D eigenvalue weighted by Crippen LogP contribution is -2.17. The Kier molecular flexibility index (Phi) is 4.64. The predicted molar refractivity (Wildman–Crippen MR) is 84.2 cm³/mol. The highest BCUT2D eigenvalue weighted by Crippen LogP contribution is 2.23. The first-order valence-electron chi connectivity index (χ1n) is 6.78. The molecule has 0 unspecified atom stereocenters. The molecule has 0 heterocycles. The van der Waals surface area contributed by atoms with Crippen LogP contribution in [0.4, 0.5) is 5.69 Å². The molecule has 0 fully saturated rings. The van der Waals surface area contributed by atoms with E-state index >= 15 is 0 Å². The molecule has 0 aliphatic carbocycles. The quantitative estimate of drug-likeness (QED) is 0.907. The van der Waals surface area contributed by atoms with Gasteiger partial charge in [0.15, 0.2) is 0 Å². The number of ether oxygens (including phenoxy) is 1. The number of aryl methyl sites for hydroxylation is 1. The van der Waals surface area contributed by atoms with E-state index in [4.69, 9.17) is 10.5 Å². The molecule has 3 nitrogen and oxygen atoms in total. The third-order valence-electron chi connectivity index (χ3n) is 3.59. The second kappa shape index (κ2) is 6.44. The molecule has 0 spiro atoms. The van der Waals surface area contributed by atoms with Crippen LogP contribution in [0.3, 0.4) is 0 Å². The van der Waals surface area contributed by atoms with Gasteiger partial charge in [0.1, 0.15) is 5.75 Å². The van der Waals surface area contributed by atoms with E-state index in [1.165, 1.54) is 22.4 Å². The van der Waals surface area contributed by atoms with Crippen LogP contribution in [0.5, 0.6) is 5.75 Å². The fourth-order valence-electron chi connectivity index (χ4n) is 2.33. The number of methoxy groups -OCH3 is 1. The Bertz CT molecular complexity index is 581. The molecule has 106 valence electrons. The summed E-state index contributed by atoms with van der Waals surface area (Å²) < 4.78 is 5.40. The molecule has 0 bridgehead atoms. The van der Waals surface area contributed by atoms with Gasteiger partial charge in [-0.25, -0.2) is 0 Å². The first-order chi connectivity index (χ1) is 9.65. The van der Waals surface area contributed by atoms with Gasteiger partial charge in [-0.2, -0.15) is 0 Å². The van der Waals surface area contributed by atoms with Crippen molar-refractivity contribution in [1.29, 1.82) is 0 Å². The normalized spacial score (nSPS) is 10.4. The smallest absolute Gasteiger partial charge is 0.123 e. The third-order valence-corrected chi connectivity index (χ3v) is 3.59. The minimum Gasteiger partial charge on any atom is -0.496 e. The Hall–Kier alpha value is -2.00. The van der Waals surface area contributed by atoms with Gasteiger partial charge in [-0.05, 0) is 36.2 Å². The lowest BCUT2D eigenvalue weighted by Gasteiger charge is -2.21. The van der Waals surface area contributed by atoms with Gasteiger partial charge in [-0.3, -0.25) is 0 Å². The fourth-order valence-corrected chi connectivity index (χ4v) is 2.33. The molecule has 2 N–H and O–H groups in total. The lowest BCUT2D eigenvalue weighted by atomic mass is 10.1. The lowest BCUT2D eigenvalue weighted by molar-refractivity contribution is 0.409. The number of hydrogen-bond donors (Lipinski definition) is 1. The van der Waals surface area contributed by atoms with E-state index in [2.05, 4.69) is 43.1 Å². The number of nitrogens with two attached hydrogens (primary N) is 1. The maximum Gasteiger partial charge on any atom is 0.123 e. The number of hydrogen-bond acceptors (Lipinski definition) is 3. The highest BCUT2D eigenvalue weighted by atomic mass is 16.5. The summed E-state index contributed by atoms with van der Waals surface area (Å²) in [5.41, 5.74) is 10.5. The summed E-state index contributed by atoms with van der Waals surface area (Å²) in [6.45, 7) is 3.50. The minimum absolute atomic E-state index is 0.586. The van der Waals surface area contributed by atoms with Crippen LogP contribution >= 0.6 is 0 Å². The van der Waals surface area contributed by atoms with Crippen molar-refractivity contribution < 1.29 is 4.74 Å². The van der Waals surface area contributed by atoms with Crippen molar-refractivity contribution in [3.05, 3.63) is 59.2 Å². The molecule has 2 aromatic carbocycles. The van der Waals surface area contributed by atoms with Crippen molar-refractivity contribution >= 4 is 5.69 Å². The zero-order valence-electron chi connectivity index (χ0n) is 12.4. The second-order valence-electron chi connectivity index (χ2n) is 4.98. The Balaban J connectivity index is 2.19. The van der Waals surface area contributed by atoms with Crippen molar-refractivity contribution in [1.82, 2.24) is 0 Å². The summed E-state index contributed by atoms with van der Waals surface area (Å²) in [5, 5.41) is 0. The minimum atomic E-state index is 0.586. The fraction of sp³-hybridized carbons (Fsp3) is 0.294. The largest absolute Gasteiger partial charge is 0.496 e. The molecule has 0 aromatic heterocycles. The van der Waals surface area contributed by atoms with Gasteiger partial charge >= 0.3 is 0 Å². The van der Waals surface area contributed by atoms with Crippen LogP contribution in [-0.4, -0.2) is 14.2 Å². The standard InChI is InChI=1S/C17H22N2O/c1-13-10-16(9-8-14(13)11-18)19(2)12-15-6-4-5-7-17(15)20-3/h4-10H,11-12,18H2,1-3H3. The van der Waals surface area contributed by atoms with Crippen LogP contribution in [-0.2, 0) is 13.1 Å². The van der Waals surface area contributed by atoms with Gasteiger partial charge in [-0.1, -0.05) is 24.3 Å². The number of anilines is 1. The molecule has 0 aliphatic heterocycles. The van der Waals surface area contributed by atoms with Crippen LogP contribution in [0.15, 0.2) is 42.5 Å². The van der Waals surface area contributed by atoms with E-state index in [1.54, 1.807) is 7.11 Å². The van der Waals surface area contributed by atoms with Gasteiger partial charge < -0.3 is 15.4 Å². The van der Waals surface area contributed by atoms with E-state index in [-0.39, 0.29) is 0 Å². The van der Waals surface area contributed by atoms with E-state index in [0.717, 1.165) is 12.3 Å². The average Bonchev–Trinajstić information content (AvgIpc) is 2.47. The molecule has 20 heavy (non-hydrogen) atoms. The Morgan fingerprint density at radius 3 is 2.50 bits per heavy atom. The molecule has 0 atom stereocenters. The van der Waals surface area contributed by atoms with E-state index in [1.807, 2.05) is 18.2 Å². The summed E-state index contributed by atoms with van der Waals surface area (Å²) in [6, 6.07) is 14.5. The van der Waals surface area contributed by atoms with Gasteiger partial charge in [-0.15, -0.1) is 0 Å². The van der Waals surface area contributed by atoms with Crippen molar-refractivity contribution in [3.8, 4) is 5.75 Å². The molecule has 0 saturated carbocycles. The zero-order chi connectivity index (χ0) is 14.5. The molecule has 2 rings (SSSR count). The van der Waals surface area contributed by atoms with Crippen LogP contribution in [0.25, 0.3) is 0 Å². The van der Waals surface area contributed by atoms with E-state index in [0.29, 0.717) is 6.54 Å². The summed E-state index contributed by atoms with van der Waals surface area (Å²) in [6.07, 6.45) is 0. The molecule has 2 aromatic rings. The summed E-state index contributed by atoms with van der Waals surface area (Å²) in [5.74, 6) is 0.926. The highest BCUT2D eigenvalue weighted by Gasteiger charge is 2.07. The van der Waals surface area contributed by atoms with Crippen LogP contribution < -0.4 is 15.4 Å². The van der Waals surface area contributed by atoms with Crippen LogP contribution in [0.1, 0.15) is 16.7 Å². The summed E-state index contributed by atoms with van der Waals surface area (Å²) in [4.78, 5) is 2.21.